The van der Waals surface area contributed by atoms with Gasteiger partial charge in [-0.25, -0.2) is 0 Å². The Balaban J connectivity index is 1.84. The molecule has 24 heavy (non-hydrogen) atoms. The van der Waals surface area contributed by atoms with Crippen molar-refractivity contribution in [2.24, 2.45) is 0 Å². The monoisotopic (exact) mass is 345 g/mol. The van der Waals surface area contributed by atoms with Gasteiger partial charge >= 0.3 is 0 Å². The molecule has 0 aliphatic rings. The molecule has 0 bridgehead atoms. The lowest BCUT2D eigenvalue weighted by Gasteiger charge is -2.08. The van der Waals surface area contributed by atoms with E-state index in [-0.39, 0.29) is 11.2 Å². The summed E-state index contributed by atoms with van der Waals surface area (Å²) in [4.78, 5) is 15.4. The summed E-state index contributed by atoms with van der Waals surface area (Å²) < 4.78 is 6.77. The average Bonchev–Trinajstić information content (AvgIpc) is 3.16. The fourth-order valence-electron chi connectivity index (χ4n) is 2.02. The number of benzene rings is 1. The minimum absolute atomic E-state index is 0.102. The molecule has 0 fully saturated rings. The maximum atomic E-state index is 11.2. The molecule has 0 aliphatic carbocycles. The first-order valence-corrected chi connectivity index (χ1v) is 8.04. The Bertz CT molecular complexity index is 860. The number of carbonyl (C=O) groups is 1. The lowest BCUT2D eigenvalue weighted by Crippen LogP contribution is -2.07. The van der Waals surface area contributed by atoms with Crippen LogP contribution in [0.4, 0.5) is 5.69 Å². The van der Waals surface area contributed by atoms with Gasteiger partial charge in [0.2, 0.25) is 17.0 Å². The molecule has 1 aromatic carbocycles. The van der Waals surface area contributed by atoms with Crippen LogP contribution in [0, 0.1) is 6.92 Å². The molecule has 0 radical (unpaired) electrons. The molecular formula is C14H15N7O2S. The van der Waals surface area contributed by atoms with E-state index in [1.807, 2.05) is 19.1 Å². The van der Waals surface area contributed by atoms with Crippen molar-refractivity contribution >= 4 is 23.4 Å². The predicted molar refractivity (Wildman–Crippen MR) is 86.8 cm³/mol. The third-order valence-electron chi connectivity index (χ3n) is 3.03. The van der Waals surface area contributed by atoms with Gasteiger partial charge in [-0.1, -0.05) is 23.0 Å². The van der Waals surface area contributed by atoms with Crippen molar-refractivity contribution in [3.8, 4) is 5.69 Å². The zero-order valence-corrected chi connectivity index (χ0v) is 14.1. The van der Waals surface area contributed by atoms with Gasteiger partial charge in [-0.3, -0.25) is 4.79 Å². The van der Waals surface area contributed by atoms with E-state index in [9.17, 15) is 4.79 Å². The van der Waals surface area contributed by atoms with Crippen LogP contribution in [0.3, 0.4) is 0 Å². The molecule has 0 unspecified atom stereocenters. The fourth-order valence-corrected chi connectivity index (χ4v) is 2.86. The Labute approximate surface area is 141 Å². The molecule has 1 amide bonds. The summed E-state index contributed by atoms with van der Waals surface area (Å²) >= 11 is 1.40. The normalized spacial score (nSPS) is 12.1. The molecule has 1 atom stereocenters. The topological polar surface area (TPSA) is 112 Å². The van der Waals surface area contributed by atoms with Gasteiger partial charge in [-0.05, 0) is 42.5 Å². The molecule has 3 aromatic rings. The highest BCUT2D eigenvalue weighted by atomic mass is 32.2. The van der Waals surface area contributed by atoms with Gasteiger partial charge in [0, 0.05) is 12.6 Å². The number of rotatable bonds is 5. The summed E-state index contributed by atoms with van der Waals surface area (Å²) in [7, 11) is 0. The minimum Gasteiger partial charge on any atom is -0.338 e. The maximum Gasteiger partial charge on any atom is 0.239 e. The second-order valence-electron chi connectivity index (χ2n) is 5.04. The third kappa shape index (κ3) is 3.59. The van der Waals surface area contributed by atoms with Crippen LogP contribution in [-0.4, -0.2) is 36.3 Å². The van der Waals surface area contributed by atoms with Gasteiger partial charge in [-0.2, -0.15) is 9.67 Å². The number of hydrogen-bond acceptors (Lipinski definition) is 8. The third-order valence-corrected chi connectivity index (χ3v) is 4.05. The molecule has 0 aliphatic heterocycles. The predicted octanol–water partition coefficient (Wildman–Crippen LogP) is 2.17. The van der Waals surface area contributed by atoms with Gasteiger partial charge < -0.3 is 9.84 Å². The molecule has 2 heterocycles. The number of hydrogen-bond donors (Lipinski definition) is 1. The highest BCUT2D eigenvalue weighted by Crippen LogP contribution is 2.33. The van der Waals surface area contributed by atoms with E-state index in [2.05, 4.69) is 31.0 Å². The van der Waals surface area contributed by atoms with Crippen LogP contribution < -0.4 is 5.32 Å². The molecule has 2 aromatic heterocycles. The maximum absolute atomic E-state index is 11.2. The van der Waals surface area contributed by atoms with Crippen LogP contribution in [0.25, 0.3) is 5.69 Å². The minimum atomic E-state index is -0.140. The highest BCUT2D eigenvalue weighted by Gasteiger charge is 2.19. The molecule has 124 valence electrons. The van der Waals surface area contributed by atoms with Crippen molar-refractivity contribution in [1.82, 2.24) is 30.3 Å². The van der Waals surface area contributed by atoms with Gasteiger partial charge in [-0.15, -0.1) is 5.10 Å². The standard InChI is InChI=1S/C14H15N7O2S/c1-8(13-15-9(2)18-23-13)24-14-17-19-20-21(14)12-6-4-5-11(7-12)16-10(3)22/h4-8H,1-3H3,(H,16,22)/t8-/m0/s1. The SMILES string of the molecule is CC(=O)Nc1cccc(-n2nnnc2S[C@@H](C)c2nc(C)no2)c1. The number of nitrogens with one attached hydrogen (secondary N) is 1. The van der Waals surface area contributed by atoms with Crippen LogP contribution in [0.5, 0.6) is 0 Å². The summed E-state index contributed by atoms with van der Waals surface area (Å²) in [6.45, 7) is 5.16. The first-order valence-electron chi connectivity index (χ1n) is 7.16. The lowest BCUT2D eigenvalue weighted by molar-refractivity contribution is -0.114. The first kappa shape index (κ1) is 16.1. The molecule has 0 spiro atoms. The smallest absolute Gasteiger partial charge is 0.239 e. The Morgan fingerprint density at radius 1 is 1.42 bits per heavy atom. The largest absolute Gasteiger partial charge is 0.338 e. The van der Waals surface area contributed by atoms with E-state index >= 15 is 0 Å². The van der Waals surface area contributed by atoms with E-state index < -0.39 is 0 Å². The van der Waals surface area contributed by atoms with Crippen molar-refractivity contribution in [3.05, 3.63) is 36.0 Å². The van der Waals surface area contributed by atoms with E-state index in [1.165, 1.54) is 18.7 Å². The van der Waals surface area contributed by atoms with Crippen molar-refractivity contribution in [3.63, 3.8) is 0 Å². The van der Waals surface area contributed by atoms with E-state index in [4.69, 9.17) is 4.52 Å². The van der Waals surface area contributed by atoms with Crippen LogP contribution in [0.2, 0.25) is 0 Å². The Morgan fingerprint density at radius 2 is 2.25 bits per heavy atom. The zero-order valence-electron chi connectivity index (χ0n) is 13.3. The molecule has 3 rings (SSSR count). The summed E-state index contributed by atoms with van der Waals surface area (Å²) in [6, 6.07) is 7.27. The van der Waals surface area contributed by atoms with Crippen molar-refractivity contribution in [2.75, 3.05) is 5.32 Å². The van der Waals surface area contributed by atoms with Crippen molar-refractivity contribution in [1.29, 1.82) is 0 Å². The van der Waals surface area contributed by atoms with E-state index in [1.54, 1.807) is 23.7 Å². The zero-order chi connectivity index (χ0) is 17.1. The number of amides is 1. The number of aryl methyl sites for hydroxylation is 1. The van der Waals surface area contributed by atoms with Gasteiger partial charge in [0.1, 0.15) is 0 Å². The van der Waals surface area contributed by atoms with Crippen molar-refractivity contribution < 1.29 is 9.32 Å². The number of thioether (sulfide) groups is 1. The second kappa shape index (κ2) is 6.79. The first-order chi connectivity index (χ1) is 11.5. The molecule has 9 nitrogen and oxygen atoms in total. The van der Waals surface area contributed by atoms with E-state index in [0.29, 0.717) is 22.6 Å². The number of anilines is 1. The Kier molecular flexibility index (Phi) is 4.56. The average molecular weight is 345 g/mol. The second-order valence-corrected chi connectivity index (χ2v) is 6.35. The number of tetrazole rings is 1. The molecule has 1 N–H and O–H groups in total. The van der Waals surface area contributed by atoms with Crippen LogP contribution >= 0.6 is 11.8 Å². The summed E-state index contributed by atoms with van der Waals surface area (Å²) in [6.07, 6.45) is 0. The molecule has 0 saturated carbocycles. The van der Waals surface area contributed by atoms with Gasteiger partial charge in [0.15, 0.2) is 5.82 Å². The lowest BCUT2D eigenvalue weighted by atomic mass is 10.3. The summed E-state index contributed by atoms with van der Waals surface area (Å²) in [5, 5.41) is 18.8. The molecule has 10 heteroatoms. The fraction of sp³-hybridized carbons (Fsp3) is 0.286. The highest BCUT2D eigenvalue weighted by molar-refractivity contribution is 7.99. The Hall–Kier alpha value is -2.75. The summed E-state index contributed by atoms with van der Waals surface area (Å²) in [5.74, 6) is 0.956. The number of carbonyl (C=O) groups excluding carboxylic acids is 1. The van der Waals surface area contributed by atoms with Gasteiger partial charge in [0.25, 0.3) is 0 Å². The Morgan fingerprint density at radius 3 is 2.96 bits per heavy atom. The van der Waals surface area contributed by atoms with Crippen LogP contribution in [-0.2, 0) is 4.79 Å². The van der Waals surface area contributed by atoms with Crippen molar-refractivity contribution in [2.45, 2.75) is 31.2 Å². The van der Waals surface area contributed by atoms with Gasteiger partial charge in [0.05, 0.1) is 10.9 Å². The molecule has 0 saturated heterocycles. The number of aromatic nitrogens is 6. The summed E-state index contributed by atoms with van der Waals surface area (Å²) in [5.41, 5.74) is 1.41. The van der Waals surface area contributed by atoms with Crippen LogP contribution in [0.1, 0.15) is 30.8 Å². The van der Waals surface area contributed by atoms with Crippen LogP contribution in [0.15, 0.2) is 33.9 Å². The quantitative estimate of drug-likeness (QED) is 0.700. The number of nitrogens with zero attached hydrogens (tertiary/aromatic N) is 6. The van der Waals surface area contributed by atoms with E-state index in [0.717, 1.165) is 5.69 Å². The molecular weight excluding hydrogens is 330 g/mol.